The third-order valence-corrected chi connectivity index (χ3v) is 5.93. The SMILES string of the molecule is Cc1cc(C)c(CN(Cc2c(C)cc(C)cc2O)Cc2c(C)cc(C)cc2O)c(O)c1. The minimum atomic E-state index is 0.275. The quantitative estimate of drug-likeness (QED) is 0.468. The maximum absolute atomic E-state index is 10.6. The lowest BCUT2D eigenvalue weighted by Crippen LogP contribution is -2.24. The first-order valence-electron chi connectivity index (χ1n) is 10.6. The van der Waals surface area contributed by atoms with Gasteiger partial charge in [0, 0.05) is 36.3 Å². The summed E-state index contributed by atoms with van der Waals surface area (Å²) in [6, 6.07) is 11.5. The number of hydrogen-bond acceptors (Lipinski definition) is 4. The van der Waals surface area contributed by atoms with Crippen molar-refractivity contribution in [2.75, 3.05) is 0 Å². The van der Waals surface area contributed by atoms with Gasteiger partial charge in [-0.2, -0.15) is 0 Å². The molecule has 0 heterocycles. The van der Waals surface area contributed by atoms with Gasteiger partial charge in [0.1, 0.15) is 17.2 Å². The number of benzene rings is 3. The molecule has 164 valence electrons. The molecule has 0 aliphatic rings. The Labute approximate surface area is 185 Å². The van der Waals surface area contributed by atoms with Gasteiger partial charge in [-0.25, -0.2) is 0 Å². The number of aromatic hydroxyl groups is 3. The molecule has 3 aromatic carbocycles. The molecule has 0 saturated carbocycles. The van der Waals surface area contributed by atoms with Crippen molar-refractivity contribution in [3.8, 4) is 17.2 Å². The number of aryl methyl sites for hydroxylation is 6. The van der Waals surface area contributed by atoms with E-state index in [9.17, 15) is 15.3 Å². The van der Waals surface area contributed by atoms with Crippen molar-refractivity contribution in [1.82, 2.24) is 4.90 Å². The Morgan fingerprint density at radius 3 is 0.968 bits per heavy atom. The van der Waals surface area contributed by atoms with E-state index in [0.717, 1.165) is 50.1 Å². The number of nitrogens with zero attached hydrogens (tertiary/aromatic N) is 1. The van der Waals surface area contributed by atoms with Crippen molar-refractivity contribution in [2.24, 2.45) is 0 Å². The molecule has 4 heteroatoms. The fourth-order valence-corrected chi connectivity index (χ4v) is 4.38. The number of phenols is 3. The molecule has 0 atom stereocenters. The average molecular weight is 420 g/mol. The molecule has 0 radical (unpaired) electrons. The van der Waals surface area contributed by atoms with Crippen LogP contribution in [0.5, 0.6) is 17.2 Å². The standard InChI is InChI=1S/C27H33NO3/c1-16-7-19(4)22(25(29)10-16)13-28(14-23-20(5)8-17(2)11-26(23)30)15-24-21(6)9-18(3)12-27(24)31/h7-12,29-31H,13-15H2,1-6H3. The highest BCUT2D eigenvalue weighted by molar-refractivity contribution is 5.45. The molecule has 0 aromatic heterocycles. The molecule has 3 N–H and O–H groups in total. The summed E-state index contributed by atoms with van der Waals surface area (Å²) < 4.78 is 0. The van der Waals surface area contributed by atoms with Crippen molar-refractivity contribution in [3.63, 3.8) is 0 Å². The fraction of sp³-hybridized carbons (Fsp3) is 0.333. The normalized spacial score (nSPS) is 11.3. The zero-order chi connectivity index (χ0) is 22.9. The first-order valence-corrected chi connectivity index (χ1v) is 10.6. The van der Waals surface area contributed by atoms with Gasteiger partial charge in [0.15, 0.2) is 0 Å². The molecule has 0 amide bonds. The second-order valence-electron chi connectivity index (χ2n) is 8.88. The molecule has 0 bridgehead atoms. The Kier molecular flexibility index (Phi) is 6.61. The van der Waals surface area contributed by atoms with Crippen LogP contribution in [0, 0.1) is 41.5 Å². The lowest BCUT2D eigenvalue weighted by atomic mass is 9.99. The molecule has 0 spiro atoms. The monoisotopic (exact) mass is 419 g/mol. The van der Waals surface area contributed by atoms with E-state index in [0.29, 0.717) is 19.6 Å². The van der Waals surface area contributed by atoms with Gasteiger partial charge in [-0.1, -0.05) is 18.2 Å². The second kappa shape index (κ2) is 9.03. The third kappa shape index (κ3) is 5.20. The number of rotatable bonds is 6. The molecular weight excluding hydrogens is 386 g/mol. The number of hydrogen-bond donors (Lipinski definition) is 3. The highest BCUT2D eigenvalue weighted by Gasteiger charge is 2.19. The Hall–Kier alpha value is -2.98. The van der Waals surface area contributed by atoms with E-state index < -0.39 is 0 Å². The molecule has 31 heavy (non-hydrogen) atoms. The van der Waals surface area contributed by atoms with Crippen LogP contribution in [0.2, 0.25) is 0 Å². The lowest BCUT2D eigenvalue weighted by Gasteiger charge is -2.27. The summed E-state index contributed by atoms with van der Waals surface area (Å²) >= 11 is 0. The molecular formula is C27H33NO3. The molecule has 0 aliphatic heterocycles. The van der Waals surface area contributed by atoms with E-state index in [2.05, 4.69) is 23.1 Å². The Bertz CT molecular complexity index is 907. The third-order valence-electron chi connectivity index (χ3n) is 5.93. The molecule has 0 fully saturated rings. The molecule has 3 rings (SSSR count). The molecule has 0 unspecified atom stereocenters. The van der Waals surface area contributed by atoms with E-state index in [1.807, 2.05) is 41.5 Å². The molecule has 0 saturated heterocycles. The van der Waals surface area contributed by atoms with Gasteiger partial charge in [0.2, 0.25) is 0 Å². The van der Waals surface area contributed by atoms with E-state index in [-0.39, 0.29) is 17.2 Å². The van der Waals surface area contributed by atoms with Crippen LogP contribution < -0.4 is 0 Å². The van der Waals surface area contributed by atoms with Crippen LogP contribution in [-0.2, 0) is 19.6 Å². The highest BCUT2D eigenvalue weighted by atomic mass is 16.3. The molecule has 3 aromatic rings. The van der Waals surface area contributed by atoms with Crippen LogP contribution in [0.1, 0.15) is 50.1 Å². The average Bonchev–Trinajstić information content (AvgIpc) is 2.63. The predicted molar refractivity (Wildman–Crippen MR) is 126 cm³/mol. The van der Waals surface area contributed by atoms with Gasteiger partial charge < -0.3 is 15.3 Å². The van der Waals surface area contributed by atoms with Crippen LogP contribution >= 0.6 is 0 Å². The van der Waals surface area contributed by atoms with Gasteiger partial charge in [-0.3, -0.25) is 4.90 Å². The maximum Gasteiger partial charge on any atom is 0.120 e. The van der Waals surface area contributed by atoms with Crippen LogP contribution in [0.3, 0.4) is 0 Å². The van der Waals surface area contributed by atoms with E-state index in [4.69, 9.17) is 0 Å². The van der Waals surface area contributed by atoms with Crippen molar-refractivity contribution >= 4 is 0 Å². The Morgan fingerprint density at radius 2 is 0.742 bits per heavy atom. The van der Waals surface area contributed by atoms with Crippen LogP contribution in [0.25, 0.3) is 0 Å². The minimum Gasteiger partial charge on any atom is -0.508 e. The van der Waals surface area contributed by atoms with Crippen molar-refractivity contribution in [2.45, 2.75) is 61.2 Å². The van der Waals surface area contributed by atoms with Gasteiger partial charge in [-0.15, -0.1) is 0 Å². The first-order chi connectivity index (χ1) is 14.5. The van der Waals surface area contributed by atoms with Crippen molar-refractivity contribution in [1.29, 1.82) is 0 Å². The van der Waals surface area contributed by atoms with Gasteiger partial charge >= 0.3 is 0 Å². The fourth-order valence-electron chi connectivity index (χ4n) is 4.38. The number of phenolic OH excluding ortho intramolecular Hbond substituents is 3. The minimum absolute atomic E-state index is 0.275. The summed E-state index contributed by atoms with van der Waals surface area (Å²) in [6.07, 6.45) is 0. The summed E-state index contributed by atoms with van der Waals surface area (Å²) in [5.41, 5.74) is 8.71. The summed E-state index contributed by atoms with van der Waals surface area (Å²) in [5.74, 6) is 0.826. The second-order valence-corrected chi connectivity index (χ2v) is 8.88. The maximum atomic E-state index is 10.6. The van der Waals surface area contributed by atoms with Gasteiger partial charge in [-0.05, 0) is 93.1 Å². The molecule has 0 aliphatic carbocycles. The van der Waals surface area contributed by atoms with Crippen LogP contribution in [0.15, 0.2) is 36.4 Å². The van der Waals surface area contributed by atoms with Crippen LogP contribution in [-0.4, -0.2) is 20.2 Å². The predicted octanol–water partition coefficient (Wildman–Crippen LogP) is 5.86. The first kappa shape index (κ1) is 22.7. The summed E-state index contributed by atoms with van der Waals surface area (Å²) in [6.45, 7) is 13.4. The zero-order valence-electron chi connectivity index (χ0n) is 19.4. The molecule has 4 nitrogen and oxygen atoms in total. The summed E-state index contributed by atoms with van der Waals surface area (Å²) in [4.78, 5) is 2.16. The topological polar surface area (TPSA) is 63.9 Å². The van der Waals surface area contributed by atoms with E-state index in [1.165, 1.54) is 0 Å². The smallest absolute Gasteiger partial charge is 0.120 e. The Morgan fingerprint density at radius 1 is 0.484 bits per heavy atom. The highest BCUT2D eigenvalue weighted by Crippen LogP contribution is 2.31. The van der Waals surface area contributed by atoms with E-state index in [1.54, 1.807) is 18.2 Å². The Balaban J connectivity index is 2.02. The van der Waals surface area contributed by atoms with E-state index >= 15 is 0 Å². The summed E-state index contributed by atoms with van der Waals surface area (Å²) in [5, 5.41) is 31.9. The van der Waals surface area contributed by atoms with Crippen LogP contribution in [0.4, 0.5) is 0 Å². The van der Waals surface area contributed by atoms with Gasteiger partial charge in [0.05, 0.1) is 0 Å². The van der Waals surface area contributed by atoms with Gasteiger partial charge in [0.25, 0.3) is 0 Å². The van der Waals surface area contributed by atoms with Crippen molar-refractivity contribution < 1.29 is 15.3 Å². The van der Waals surface area contributed by atoms with Crippen molar-refractivity contribution in [3.05, 3.63) is 86.5 Å². The zero-order valence-corrected chi connectivity index (χ0v) is 19.4. The lowest BCUT2D eigenvalue weighted by molar-refractivity contribution is 0.236. The largest absolute Gasteiger partial charge is 0.508 e. The summed E-state index contributed by atoms with van der Waals surface area (Å²) in [7, 11) is 0.